The van der Waals surface area contributed by atoms with Crippen LogP contribution in [0.2, 0.25) is 0 Å². The van der Waals surface area contributed by atoms with Gasteiger partial charge in [0, 0.05) is 24.3 Å². The first-order chi connectivity index (χ1) is 25.2. The molecule has 286 valence electrons. The van der Waals surface area contributed by atoms with Crippen molar-refractivity contribution >= 4 is 10.1 Å². The second-order valence-corrected chi connectivity index (χ2v) is 12.4. The topological polar surface area (TPSA) is 139 Å². The van der Waals surface area contributed by atoms with Crippen LogP contribution >= 0.6 is 0 Å². The maximum Gasteiger partial charge on any atom is 0.298 e. The van der Waals surface area contributed by atoms with Crippen molar-refractivity contribution in [3.8, 4) is 11.5 Å². The highest BCUT2D eigenvalue weighted by atomic mass is 32.2. The first-order valence-electron chi connectivity index (χ1n) is 17.1. The molecular formula is C40H54O11S. The molecule has 0 aromatic heterocycles. The number of ether oxygens (including phenoxy) is 6. The molecule has 0 spiro atoms. The van der Waals surface area contributed by atoms with E-state index in [2.05, 4.69) is 0 Å². The number of aryl methyl sites for hydroxylation is 1. The fourth-order valence-electron chi connectivity index (χ4n) is 4.93. The molecule has 0 saturated heterocycles. The molecule has 4 rings (SSSR count). The Labute approximate surface area is 309 Å². The van der Waals surface area contributed by atoms with Crippen LogP contribution in [0.15, 0.2) is 108 Å². The van der Waals surface area contributed by atoms with Gasteiger partial charge in [0.15, 0.2) is 5.60 Å². The Morgan fingerprint density at radius 3 is 1.38 bits per heavy atom. The van der Waals surface area contributed by atoms with Crippen LogP contribution < -0.4 is 9.47 Å². The molecule has 4 aromatic rings. The van der Waals surface area contributed by atoms with Crippen LogP contribution in [0.25, 0.3) is 0 Å². The van der Waals surface area contributed by atoms with E-state index in [1.807, 2.05) is 87.5 Å². The standard InChI is InChI=1S/C28H26O5S.C8H18O5.C4H10O/c1-21-17-19-23(20-18-21)34(29,30)33-28(22-11-5-4-6-12-22,24-13-7-9-15-26(24)31-2)25-14-8-10-16-27(25)32-3;9-1-3-11-5-7-13-8-6-12-4-2-10;1-3-5-4-2/h4-20H,1-3H3;9-10H,1-8H2;3-4H2,1-2H3. The predicted octanol–water partition coefficient (Wildman–Crippen LogP) is 5.77. The number of methoxy groups -OCH3 is 2. The smallest absolute Gasteiger partial charge is 0.298 e. The van der Waals surface area contributed by atoms with Crippen LogP contribution in [-0.2, 0) is 38.8 Å². The molecule has 0 aliphatic rings. The summed E-state index contributed by atoms with van der Waals surface area (Å²) in [6, 6.07) is 30.3. The average molecular weight is 743 g/mol. The molecule has 0 aliphatic heterocycles. The third kappa shape index (κ3) is 13.9. The Hall–Kier alpha value is -3.85. The molecule has 0 unspecified atom stereocenters. The van der Waals surface area contributed by atoms with Crippen LogP contribution in [0.5, 0.6) is 11.5 Å². The lowest BCUT2D eigenvalue weighted by molar-refractivity contribution is 0.00230. The molecule has 0 aliphatic carbocycles. The number of rotatable bonds is 20. The highest BCUT2D eigenvalue weighted by Crippen LogP contribution is 2.49. The van der Waals surface area contributed by atoms with Gasteiger partial charge in [-0.2, -0.15) is 8.42 Å². The van der Waals surface area contributed by atoms with Crippen molar-refractivity contribution in [2.45, 2.75) is 31.3 Å². The van der Waals surface area contributed by atoms with E-state index in [1.54, 1.807) is 50.6 Å². The molecule has 12 heteroatoms. The zero-order chi connectivity index (χ0) is 38.1. The van der Waals surface area contributed by atoms with Crippen LogP contribution in [0.4, 0.5) is 0 Å². The largest absolute Gasteiger partial charge is 0.496 e. The molecule has 11 nitrogen and oxygen atoms in total. The quantitative estimate of drug-likeness (QED) is 0.0648. The lowest BCUT2D eigenvalue weighted by atomic mass is 9.79. The fourth-order valence-corrected chi connectivity index (χ4v) is 6.10. The van der Waals surface area contributed by atoms with Gasteiger partial charge in [-0.1, -0.05) is 84.4 Å². The van der Waals surface area contributed by atoms with E-state index < -0.39 is 15.7 Å². The molecule has 52 heavy (non-hydrogen) atoms. The summed E-state index contributed by atoms with van der Waals surface area (Å²) in [5.41, 5.74) is 1.03. The molecule has 0 bridgehead atoms. The number of aliphatic hydroxyl groups excluding tert-OH is 2. The second-order valence-electron chi connectivity index (χ2n) is 10.9. The molecule has 2 N–H and O–H groups in total. The van der Waals surface area contributed by atoms with Crippen LogP contribution in [-0.4, -0.2) is 98.9 Å². The number of hydrogen-bond donors (Lipinski definition) is 2. The minimum Gasteiger partial charge on any atom is -0.496 e. The lowest BCUT2D eigenvalue weighted by Crippen LogP contribution is -2.36. The van der Waals surface area contributed by atoms with Crippen molar-refractivity contribution in [2.24, 2.45) is 0 Å². The van der Waals surface area contributed by atoms with Gasteiger partial charge in [0.2, 0.25) is 0 Å². The van der Waals surface area contributed by atoms with E-state index in [9.17, 15) is 8.42 Å². The molecule has 0 atom stereocenters. The fraction of sp³-hybridized carbons (Fsp3) is 0.400. The highest BCUT2D eigenvalue weighted by Gasteiger charge is 2.46. The average Bonchev–Trinajstić information content (AvgIpc) is 3.17. The highest BCUT2D eigenvalue weighted by molar-refractivity contribution is 7.86. The molecule has 0 heterocycles. The van der Waals surface area contributed by atoms with E-state index >= 15 is 0 Å². The van der Waals surface area contributed by atoms with Crippen molar-refractivity contribution in [1.29, 1.82) is 0 Å². The number of aliphatic hydroxyl groups is 2. The third-order valence-electron chi connectivity index (χ3n) is 7.32. The van der Waals surface area contributed by atoms with Gasteiger partial charge in [0.25, 0.3) is 10.1 Å². The van der Waals surface area contributed by atoms with E-state index in [0.29, 0.717) is 67.8 Å². The summed E-state index contributed by atoms with van der Waals surface area (Å²) in [5, 5.41) is 16.7. The molecule has 0 fully saturated rings. The minimum absolute atomic E-state index is 0.0413. The summed E-state index contributed by atoms with van der Waals surface area (Å²) in [6.45, 7) is 10.3. The summed E-state index contributed by atoms with van der Waals surface area (Å²) >= 11 is 0. The summed E-state index contributed by atoms with van der Waals surface area (Å²) in [6.07, 6.45) is 0. The molecular weight excluding hydrogens is 688 g/mol. The molecule has 0 saturated carbocycles. The third-order valence-corrected chi connectivity index (χ3v) is 8.64. The number of benzene rings is 4. The summed E-state index contributed by atoms with van der Waals surface area (Å²) in [4.78, 5) is 0.0585. The van der Waals surface area contributed by atoms with Gasteiger partial charge in [-0.3, -0.25) is 0 Å². The van der Waals surface area contributed by atoms with Gasteiger partial charge in [0.1, 0.15) is 11.5 Å². The van der Waals surface area contributed by atoms with E-state index in [1.165, 1.54) is 0 Å². The van der Waals surface area contributed by atoms with Crippen molar-refractivity contribution in [2.75, 3.05) is 80.3 Å². The second kappa shape index (κ2) is 25.2. The summed E-state index contributed by atoms with van der Waals surface area (Å²) < 4.78 is 65.1. The monoisotopic (exact) mass is 742 g/mol. The van der Waals surface area contributed by atoms with Crippen LogP contribution in [0.1, 0.15) is 36.1 Å². The zero-order valence-electron chi connectivity index (χ0n) is 30.9. The van der Waals surface area contributed by atoms with E-state index in [0.717, 1.165) is 18.8 Å². The first-order valence-corrected chi connectivity index (χ1v) is 18.5. The Kier molecular flexibility index (Phi) is 21.5. The van der Waals surface area contributed by atoms with Gasteiger partial charge in [-0.05, 0) is 50.6 Å². The van der Waals surface area contributed by atoms with Crippen LogP contribution in [0.3, 0.4) is 0 Å². The van der Waals surface area contributed by atoms with Gasteiger partial charge in [-0.15, -0.1) is 0 Å². The van der Waals surface area contributed by atoms with E-state index in [-0.39, 0.29) is 18.1 Å². The van der Waals surface area contributed by atoms with Gasteiger partial charge in [0.05, 0.1) is 72.0 Å². The van der Waals surface area contributed by atoms with E-state index in [4.69, 9.17) is 42.8 Å². The SMILES string of the molecule is CCOCC.COc1ccccc1C(OS(=O)(=O)c1ccc(C)cc1)(c1ccccc1)c1ccccc1OC.OCCOCCOCCOCCO. The molecule has 4 aromatic carbocycles. The lowest BCUT2D eigenvalue weighted by Gasteiger charge is -2.36. The predicted molar refractivity (Wildman–Crippen MR) is 201 cm³/mol. The number of hydrogen-bond acceptors (Lipinski definition) is 11. The van der Waals surface area contributed by atoms with Crippen molar-refractivity contribution in [1.82, 2.24) is 0 Å². The van der Waals surface area contributed by atoms with Gasteiger partial charge >= 0.3 is 0 Å². The maximum atomic E-state index is 13.8. The van der Waals surface area contributed by atoms with Gasteiger partial charge < -0.3 is 38.6 Å². The molecule has 0 amide bonds. The Morgan fingerprint density at radius 1 is 0.558 bits per heavy atom. The van der Waals surface area contributed by atoms with Crippen molar-refractivity contribution in [3.63, 3.8) is 0 Å². The van der Waals surface area contributed by atoms with Crippen molar-refractivity contribution < 1.29 is 51.2 Å². The minimum atomic E-state index is -4.24. The Balaban J connectivity index is 0.000000433. The first kappa shape index (κ1) is 44.3. The van der Waals surface area contributed by atoms with Crippen molar-refractivity contribution in [3.05, 3.63) is 125 Å². The summed E-state index contributed by atoms with van der Waals surface area (Å²) in [5.74, 6) is 0.965. The Morgan fingerprint density at radius 2 is 0.981 bits per heavy atom. The normalized spacial score (nSPS) is 11.1. The zero-order valence-corrected chi connectivity index (χ0v) is 31.7. The maximum absolute atomic E-state index is 13.8. The summed E-state index contributed by atoms with van der Waals surface area (Å²) in [7, 11) is -1.15. The Bertz CT molecular complexity index is 1550. The van der Waals surface area contributed by atoms with Gasteiger partial charge in [-0.25, -0.2) is 4.18 Å². The number of para-hydroxylation sites is 2. The molecule has 0 radical (unpaired) electrons. The van der Waals surface area contributed by atoms with Crippen LogP contribution in [0, 0.1) is 6.92 Å².